The number of amides is 2. The summed E-state index contributed by atoms with van der Waals surface area (Å²) in [6, 6.07) is 7.46. The normalized spacial score (nSPS) is 23.1. The van der Waals surface area contributed by atoms with Gasteiger partial charge in [-0.25, -0.2) is 0 Å². The van der Waals surface area contributed by atoms with Gasteiger partial charge in [0.25, 0.3) is 5.91 Å². The number of hydrogen-bond acceptors (Lipinski definition) is 3. The first-order chi connectivity index (χ1) is 14.0. The second-order valence-electron chi connectivity index (χ2n) is 7.95. The number of hydrogen-bond donors (Lipinski definition) is 1. The first-order valence-electron chi connectivity index (χ1n) is 10.2. The van der Waals surface area contributed by atoms with E-state index < -0.39 is 0 Å². The Labute approximate surface area is 173 Å². The molecule has 2 amide bonds. The van der Waals surface area contributed by atoms with Crippen LogP contribution in [0.15, 0.2) is 42.7 Å². The van der Waals surface area contributed by atoms with Crippen LogP contribution in [0.1, 0.15) is 41.6 Å². The van der Waals surface area contributed by atoms with E-state index in [0.29, 0.717) is 18.0 Å². The Bertz CT molecular complexity index is 857. The number of carbonyl (C=O) groups is 2. The lowest BCUT2D eigenvalue weighted by molar-refractivity contribution is -0.128. The standard InChI is InChI=1S/C24H29N3O2/c1-4-19-12-13-25-15-23(28)27(16-18-8-5-6-9-18)17-22(19)20-10-7-11-21(14-20)24(29)26(2)3/h1,7,10-14,17-19,25H,5-6,8-9,15-16H2,2-3H3/b13-12-,22-17+. The molecule has 29 heavy (non-hydrogen) atoms. The van der Waals surface area contributed by atoms with Gasteiger partial charge in [0.1, 0.15) is 0 Å². The van der Waals surface area contributed by atoms with Gasteiger partial charge < -0.3 is 15.1 Å². The van der Waals surface area contributed by atoms with Crippen molar-refractivity contribution in [3.05, 3.63) is 53.9 Å². The average molecular weight is 392 g/mol. The van der Waals surface area contributed by atoms with Crippen LogP contribution in [-0.4, -0.2) is 48.8 Å². The van der Waals surface area contributed by atoms with Crippen LogP contribution < -0.4 is 5.32 Å². The number of rotatable bonds is 4. The van der Waals surface area contributed by atoms with Crippen molar-refractivity contribution in [2.45, 2.75) is 25.7 Å². The molecule has 2 aliphatic rings. The summed E-state index contributed by atoms with van der Waals surface area (Å²) in [5, 5.41) is 3.05. The molecule has 1 aliphatic carbocycles. The molecule has 1 fully saturated rings. The molecule has 0 saturated heterocycles. The van der Waals surface area contributed by atoms with E-state index in [1.54, 1.807) is 31.3 Å². The van der Waals surface area contributed by atoms with Crippen LogP contribution in [0.3, 0.4) is 0 Å². The molecule has 152 valence electrons. The quantitative estimate of drug-likeness (QED) is 0.803. The van der Waals surface area contributed by atoms with Crippen molar-refractivity contribution in [3.63, 3.8) is 0 Å². The molecule has 3 rings (SSSR count). The summed E-state index contributed by atoms with van der Waals surface area (Å²) in [4.78, 5) is 28.6. The van der Waals surface area contributed by atoms with E-state index in [0.717, 1.165) is 24.0 Å². The number of benzene rings is 1. The minimum Gasteiger partial charge on any atom is -0.382 e. The summed E-state index contributed by atoms with van der Waals surface area (Å²) in [5.74, 6) is 3.00. The minimum absolute atomic E-state index is 0.0252. The van der Waals surface area contributed by atoms with Crippen LogP contribution in [0.25, 0.3) is 5.57 Å². The molecule has 1 heterocycles. The summed E-state index contributed by atoms with van der Waals surface area (Å²) in [6.45, 7) is 0.946. The van der Waals surface area contributed by atoms with Gasteiger partial charge in [-0.3, -0.25) is 9.59 Å². The molecular formula is C24H29N3O2. The number of nitrogens with zero attached hydrogens (tertiary/aromatic N) is 2. The molecule has 0 radical (unpaired) electrons. The highest BCUT2D eigenvalue weighted by atomic mass is 16.2. The van der Waals surface area contributed by atoms with E-state index in [-0.39, 0.29) is 24.3 Å². The molecule has 5 heteroatoms. The van der Waals surface area contributed by atoms with Crippen LogP contribution >= 0.6 is 0 Å². The maximum atomic E-state index is 12.8. The predicted molar refractivity (Wildman–Crippen MR) is 116 cm³/mol. The summed E-state index contributed by atoms with van der Waals surface area (Å²) >= 11 is 0. The zero-order valence-electron chi connectivity index (χ0n) is 17.2. The smallest absolute Gasteiger partial charge is 0.253 e. The van der Waals surface area contributed by atoms with Gasteiger partial charge in [0.15, 0.2) is 0 Å². The molecule has 0 bridgehead atoms. The maximum absolute atomic E-state index is 12.8. The molecular weight excluding hydrogens is 362 g/mol. The van der Waals surface area contributed by atoms with Gasteiger partial charge in [0.2, 0.25) is 5.91 Å². The van der Waals surface area contributed by atoms with Gasteiger partial charge >= 0.3 is 0 Å². The molecule has 1 aromatic carbocycles. The number of terminal acetylenes is 1. The van der Waals surface area contributed by atoms with Crippen molar-refractivity contribution in [1.82, 2.24) is 15.1 Å². The van der Waals surface area contributed by atoms with Gasteiger partial charge in [0, 0.05) is 32.4 Å². The van der Waals surface area contributed by atoms with E-state index in [9.17, 15) is 9.59 Å². The fourth-order valence-electron chi connectivity index (χ4n) is 3.95. The highest BCUT2D eigenvalue weighted by Gasteiger charge is 2.23. The topological polar surface area (TPSA) is 52.7 Å². The predicted octanol–water partition coefficient (Wildman–Crippen LogP) is 3.11. The zero-order chi connectivity index (χ0) is 20.8. The SMILES string of the molecule is C#CC1/C=C\NCC(=O)N(CC2CCCC2)/C=C\1c1cccc(C(=O)N(C)C)c1. The van der Waals surface area contributed by atoms with Gasteiger partial charge in [-0.1, -0.05) is 30.9 Å². The number of carbonyl (C=O) groups excluding carboxylic acids is 2. The van der Waals surface area contributed by atoms with Crippen molar-refractivity contribution < 1.29 is 9.59 Å². The van der Waals surface area contributed by atoms with E-state index in [4.69, 9.17) is 6.42 Å². The Morgan fingerprint density at radius 2 is 2.07 bits per heavy atom. The summed E-state index contributed by atoms with van der Waals surface area (Å²) in [5.41, 5.74) is 2.31. The Morgan fingerprint density at radius 3 is 2.76 bits per heavy atom. The average Bonchev–Trinajstić information content (AvgIpc) is 3.25. The van der Waals surface area contributed by atoms with Crippen LogP contribution in [0.4, 0.5) is 0 Å². The summed E-state index contributed by atoms with van der Waals surface area (Å²) < 4.78 is 0. The van der Waals surface area contributed by atoms with Crippen molar-refractivity contribution in [3.8, 4) is 12.3 Å². The van der Waals surface area contributed by atoms with Crippen molar-refractivity contribution in [1.29, 1.82) is 0 Å². The van der Waals surface area contributed by atoms with Crippen molar-refractivity contribution in [2.24, 2.45) is 11.8 Å². The Morgan fingerprint density at radius 1 is 1.31 bits per heavy atom. The molecule has 1 unspecified atom stereocenters. The number of nitrogens with one attached hydrogen (secondary N) is 1. The zero-order valence-corrected chi connectivity index (χ0v) is 17.2. The monoisotopic (exact) mass is 391 g/mol. The molecule has 1 aromatic rings. The van der Waals surface area contributed by atoms with Crippen molar-refractivity contribution in [2.75, 3.05) is 27.2 Å². The number of allylic oxidation sites excluding steroid dienone is 2. The van der Waals surface area contributed by atoms with Gasteiger partial charge in [-0.2, -0.15) is 0 Å². The van der Waals surface area contributed by atoms with E-state index in [2.05, 4.69) is 11.2 Å². The highest BCUT2D eigenvalue weighted by molar-refractivity contribution is 5.95. The molecule has 0 aromatic heterocycles. The lowest BCUT2D eigenvalue weighted by Gasteiger charge is -2.24. The molecule has 1 saturated carbocycles. The third kappa shape index (κ3) is 5.08. The Balaban J connectivity index is 2.02. The van der Waals surface area contributed by atoms with Crippen LogP contribution in [0.5, 0.6) is 0 Å². The first-order valence-corrected chi connectivity index (χ1v) is 10.2. The summed E-state index contributed by atoms with van der Waals surface area (Å²) in [7, 11) is 3.46. The van der Waals surface area contributed by atoms with E-state index >= 15 is 0 Å². The van der Waals surface area contributed by atoms with Gasteiger partial charge in [-0.15, -0.1) is 6.42 Å². The molecule has 1 N–H and O–H groups in total. The third-order valence-electron chi connectivity index (χ3n) is 5.57. The Kier molecular flexibility index (Phi) is 6.77. The largest absolute Gasteiger partial charge is 0.382 e. The van der Waals surface area contributed by atoms with Crippen LogP contribution in [0, 0.1) is 24.2 Å². The molecule has 0 spiro atoms. The molecule has 1 aliphatic heterocycles. The van der Waals surface area contributed by atoms with Gasteiger partial charge in [0.05, 0.1) is 12.5 Å². The first kappa shape index (κ1) is 20.7. The fourth-order valence-corrected chi connectivity index (χ4v) is 3.95. The molecule has 1 atom stereocenters. The third-order valence-corrected chi connectivity index (χ3v) is 5.57. The van der Waals surface area contributed by atoms with E-state index in [1.165, 1.54) is 12.8 Å². The summed E-state index contributed by atoms with van der Waals surface area (Å²) in [6.07, 6.45) is 16.2. The van der Waals surface area contributed by atoms with Crippen LogP contribution in [-0.2, 0) is 4.79 Å². The Hall–Kier alpha value is -3.00. The second kappa shape index (κ2) is 9.47. The van der Waals surface area contributed by atoms with Crippen molar-refractivity contribution >= 4 is 17.4 Å². The van der Waals surface area contributed by atoms with Gasteiger partial charge in [-0.05, 0) is 54.3 Å². The lowest BCUT2D eigenvalue weighted by atomic mass is 9.92. The minimum atomic E-state index is -0.302. The van der Waals surface area contributed by atoms with Crippen LogP contribution in [0.2, 0.25) is 0 Å². The lowest BCUT2D eigenvalue weighted by Crippen LogP contribution is -2.36. The second-order valence-corrected chi connectivity index (χ2v) is 7.95. The van der Waals surface area contributed by atoms with E-state index in [1.807, 2.05) is 35.4 Å². The molecule has 5 nitrogen and oxygen atoms in total. The fraction of sp³-hybridized carbons (Fsp3) is 0.417. The highest BCUT2D eigenvalue weighted by Crippen LogP contribution is 2.29. The maximum Gasteiger partial charge on any atom is 0.253 e.